The third-order valence-electron chi connectivity index (χ3n) is 5.23. The van der Waals surface area contributed by atoms with Crippen molar-refractivity contribution >= 4 is 33.0 Å². The maximum atomic E-state index is 13.3. The van der Waals surface area contributed by atoms with Crippen LogP contribution in [0.5, 0.6) is 0 Å². The van der Waals surface area contributed by atoms with Gasteiger partial charge in [0.1, 0.15) is 0 Å². The second kappa shape index (κ2) is 7.79. The molecular weight excluding hydrogens is 354 g/mol. The van der Waals surface area contributed by atoms with Crippen molar-refractivity contribution in [3.8, 4) is 0 Å². The van der Waals surface area contributed by atoms with Gasteiger partial charge in [-0.2, -0.15) is 0 Å². The van der Waals surface area contributed by atoms with E-state index in [2.05, 4.69) is 28.1 Å². The average molecular weight is 380 g/mol. The Morgan fingerprint density at radius 1 is 1.22 bits per heavy atom. The molecule has 1 atom stereocenters. The summed E-state index contributed by atoms with van der Waals surface area (Å²) in [7, 11) is 4.03. The Morgan fingerprint density at radius 3 is 2.85 bits per heavy atom. The van der Waals surface area contributed by atoms with Crippen LogP contribution >= 0.6 is 11.3 Å². The molecule has 1 unspecified atom stereocenters. The highest BCUT2D eigenvalue weighted by Crippen LogP contribution is 2.28. The molecule has 4 nitrogen and oxygen atoms in total. The SMILES string of the molecule is CN(C)c1ncc(CN2CCCC(C(=O)c3cccc4ccccc34)C2)s1. The van der Waals surface area contributed by atoms with E-state index in [4.69, 9.17) is 0 Å². The first-order valence-corrected chi connectivity index (χ1v) is 10.3. The maximum Gasteiger partial charge on any atom is 0.185 e. The van der Waals surface area contributed by atoms with Crippen LogP contribution in [0.3, 0.4) is 0 Å². The topological polar surface area (TPSA) is 36.4 Å². The number of piperidine rings is 1. The second-order valence-corrected chi connectivity index (χ2v) is 8.56. The summed E-state index contributed by atoms with van der Waals surface area (Å²) in [6, 6.07) is 14.2. The third kappa shape index (κ3) is 3.89. The second-order valence-electron chi connectivity index (χ2n) is 7.47. The van der Waals surface area contributed by atoms with Gasteiger partial charge in [0.25, 0.3) is 0 Å². The molecule has 1 saturated heterocycles. The molecule has 0 amide bonds. The highest BCUT2D eigenvalue weighted by atomic mass is 32.1. The molecule has 0 radical (unpaired) electrons. The number of benzene rings is 2. The zero-order valence-corrected chi connectivity index (χ0v) is 16.7. The van der Waals surface area contributed by atoms with Crippen LogP contribution in [0.1, 0.15) is 28.1 Å². The minimum Gasteiger partial charge on any atom is -0.354 e. The highest BCUT2D eigenvalue weighted by Gasteiger charge is 2.27. The number of hydrogen-bond donors (Lipinski definition) is 0. The van der Waals surface area contributed by atoms with Gasteiger partial charge < -0.3 is 4.90 Å². The molecule has 27 heavy (non-hydrogen) atoms. The van der Waals surface area contributed by atoms with Crippen molar-refractivity contribution in [2.75, 3.05) is 32.1 Å². The van der Waals surface area contributed by atoms with E-state index in [1.165, 1.54) is 4.88 Å². The van der Waals surface area contributed by atoms with Crippen molar-refractivity contribution in [2.24, 2.45) is 5.92 Å². The van der Waals surface area contributed by atoms with Crippen LogP contribution in [-0.4, -0.2) is 42.9 Å². The number of hydrogen-bond acceptors (Lipinski definition) is 5. The van der Waals surface area contributed by atoms with Gasteiger partial charge in [-0.15, -0.1) is 11.3 Å². The standard InChI is InChI=1S/C22H25N3OS/c1-24(2)22-23-13-18(27-22)15-25-12-6-9-17(14-25)21(26)20-11-5-8-16-7-3-4-10-19(16)20/h3-5,7-8,10-11,13,17H,6,9,12,14-15H2,1-2H3. The van der Waals surface area contributed by atoms with Crippen LogP contribution in [0.15, 0.2) is 48.7 Å². The normalized spacial score (nSPS) is 17.9. The number of Topliss-reactive ketones (excluding diaryl/α,β-unsaturated/α-hetero) is 1. The molecular formula is C22H25N3OS. The lowest BCUT2D eigenvalue weighted by Crippen LogP contribution is -2.38. The largest absolute Gasteiger partial charge is 0.354 e. The summed E-state index contributed by atoms with van der Waals surface area (Å²) in [5, 5.41) is 3.24. The van der Waals surface area contributed by atoms with Gasteiger partial charge in [0.15, 0.2) is 10.9 Å². The summed E-state index contributed by atoms with van der Waals surface area (Å²) >= 11 is 1.73. The van der Waals surface area contributed by atoms with Crippen LogP contribution < -0.4 is 4.90 Å². The van der Waals surface area contributed by atoms with Gasteiger partial charge in [0.05, 0.1) is 0 Å². The molecule has 0 aliphatic carbocycles. The summed E-state index contributed by atoms with van der Waals surface area (Å²) in [5.74, 6) is 0.362. The molecule has 0 spiro atoms. The van der Waals surface area contributed by atoms with Crippen LogP contribution in [0, 0.1) is 5.92 Å². The smallest absolute Gasteiger partial charge is 0.185 e. The summed E-state index contributed by atoms with van der Waals surface area (Å²) in [6.07, 6.45) is 4.01. The van der Waals surface area contributed by atoms with Crippen LogP contribution in [0.2, 0.25) is 0 Å². The van der Waals surface area contributed by atoms with Gasteiger partial charge >= 0.3 is 0 Å². The first-order chi connectivity index (χ1) is 13.1. The van der Waals surface area contributed by atoms with Crippen LogP contribution in [0.25, 0.3) is 10.8 Å². The van der Waals surface area contributed by atoms with Crippen molar-refractivity contribution in [2.45, 2.75) is 19.4 Å². The van der Waals surface area contributed by atoms with Crippen molar-refractivity contribution in [1.82, 2.24) is 9.88 Å². The zero-order valence-electron chi connectivity index (χ0n) is 15.9. The van der Waals surface area contributed by atoms with Gasteiger partial charge in [-0.05, 0) is 30.2 Å². The summed E-state index contributed by atoms with van der Waals surface area (Å²) in [6.45, 7) is 2.76. The number of rotatable bonds is 5. The number of ketones is 1. The maximum absolute atomic E-state index is 13.3. The van der Waals surface area contributed by atoms with Gasteiger partial charge in [-0.3, -0.25) is 9.69 Å². The van der Waals surface area contributed by atoms with E-state index in [1.54, 1.807) is 11.3 Å². The Bertz CT molecular complexity index is 944. The lowest BCUT2D eigenvalue weighted by Gasteiger charge is -2.31. The number of likely N-dealkylation sites (tertiary alicyclic amines) is 1. The fourth-order valence-corrected chi connectivity index (χ4v) is 4.75. The molecule has 1 aliphatic rings. The minimum absolute atomic E-state index is 0.0748. The molecule has 1 fully saturated rings. The molecule has 5 heteroatoms. The molecule has 0 saturated carbocycles. The van der Waals surface area contributed by atoms with Gasteiger partial charge in [-0.25, -0.2) is 4.98 Å². The lowest BCUT2D eigenvalue weighted by atomic mass is 9.88. The average Bonchev–Trinajstić information content (AvgIpc) is 3.16. The van der Waals surface area contributed by atoms with E-state index < -0.39 is 0 Å². The number of anilines is 1. The van der Waals surface area contributed by atoms with Gasteiger partial charge in [-0.1, -0.05) is 42.5 Å². The Hall–Kier alpha value is -2.24. The number of fused-ring (bicyclic) bond motifs is 1. The van der Waals surface area contributed by atoms with Crippen molar-refractivity contribution in [3.63, 3.8) is 0 Å². The number of aromatic nitrogens is 1. The van der Waals surface area contributed by atoms with E-state index in [0.29, 0.717) is 0 Å². The fourth-order valence-electron chi connectivity index (χ4n) is 3.87. The van der Waals surface area contributed by atoms with E-state index in [9.17, 15) is 4.79 Å². The van der Waals surface area contributed by atoms with E-state index >= 15 is 0 Å². The fraction of sp³-hybridized carbons (Fsp3) is 0.364. The molecule has 3 aromatic rings. The Kier molecular flexibility index (Phi) is 5.23. The molecule has 140 valence electrons. The molecule has 4 rings (SSSR count). The number of carbonyl (C=O) groups excluding carboxylic acids is 1. The number of nitrogens with zero attached hydrogens (tertiary/aromatic N) is 3. The molecule has 1 aliphatic heterocycles. The Balaban J connectivity index is 1.49. The van der Waals surface area contributed by atoms with Crippen molar-refractivity contribution < 1.29 is 4.79 Å². The van der Waals surface area contributed by atoms with E-state index in [0.717, 1.165) is 53.9 Å². The quantitative estimate of drug-likeness (QED) is 0.614. The minimum atomic E-state index is 0.0748. The Morgan fingerprint density at radius 2 is 2.04 bits per heavy atom. The van der Waals surface area contributed by atoms with Crippen molar-refractivity contribution in [3.05, 3.63) is 59.1 Å². The molecule has 0 bridgehead atoms. The van der Waals surface area contributed by atoms with Gasteiger partial charge in [0, 0.05) is 49.7 Å². The van der Waals surface area contributed by atoms with Crippen LogP contribution in [0.4, 0.5) is 5.13 Å². The molecule has 1 aromatic heterocycles. The molecule has 2 heterocycles. The number of carbonyl (C=O) groups is 1. The number of thiazole rings is 1. The molecule has 0 N–H and O–H groups in total. The monoisotopic (exact) mass is 379 g/mol. The third-order valence-corrected chi connectivity index (χ3v) is 6.38. The highest BCUT2D eigenvalue weighted by molar-refractivity contribution is 7.15. The van der Waals surface area contributed by atoms with E-state index in [-0.39, 0.29) is 11.7 Å². The van der Waals surface area contributed by atoms with E-state index in [1.807, 2.05) is 49.5 Å². The summed E-state index contributed by atoms with van der Waals surface area (Å²) in [5.41, 5.74) is 0.868. The molecule has 2 aromatic carbocycles. The predicted molar refractivity (Wildman–Crippen MR) is 113 cm³/mol. The first kappa shape index (κ1) is 18.1. The van der Waals surface area contributed by atoms with Crippen molar-refractivity contribution in [1.29, 1.82) is 0 Å². The zero-order chi connectivity index (χ0) is 18.8. The van der Waals surface area contributed by atoms with Gasteiger partial charge in [0.2, 0.25) is 0 Å². The summed E-state index contributed by atoms with van der Waals surface area (Å²) < 4.78 is 0. The van der Waals surface area contributed by atoms with Crippen LogP contribution in [-0.2, 0) is 6.54 Å². The lowest BCUT2D eigenvalue weighted by molar-refractivity contribution is 0.0814. The Labute approximate surface area is 164 Å². The predicted octanol–water partition coefficient (Wildman–Crippen LogP) is 4.46. The first-order valence-electron chi connectivity index (χ1n) is 9.48. The summed E-state index contributed by atoms with van der Waals surface area (Å²) in [4.78, 5) is 23.4.